The van der Waals surface area contributed by atoms with Gasteiger partial charge in [-0.1, -0.05) is 55.8 Å². The van der Waals surface area contributed by atoms with E-state index in [1.165, 1.54) is 0 Å². The van der Waals surface area contributed by atoms with Crippen molar-refractivity contribution in [3.05, 3.63) is 84.9 Å². The molecule has 1 spiro atoms. The zero-order chi connectivity index (χ0) is 30.2. The van der Waals surface area contributed by atoms with Crippen LogP contribution in [0, 0.1) is 17.8 Å². The molecule has 0 aromatic heterocycles. The van der Waals surface area contributed by atoms with Gasteiger partial charge in [0.05, 0.1) is 29.2 Å². The Hall–Kier alpha value is -3.07. The molecule has 5 rings (SSSR count). The third-order valence-corrected chi connectivity index (χ3v) is 11.1. The predicted molar refractivity (Wildman–Crippen MR) is 170 cm³/mol. The molecule has 2 aromatic carbocycles. The molecule has 2 aromatic rings. The first-order chi connectivity index (χ1) is 20.2. The SMILES string of the molecule is C=CCN(C(=O)C1N([C@@H](CO)C(C)C)C(=O)[C@@H]2[C@H](C(=O)N(CC=C)c3ccccc3)[C@@H]3CCC12S3)c1ccc(Cl)cc1. The summed E-state index contributed by atoms with van der Waals surface area (Å²) < 4.78 is -0.788. The van der Waals surface area contributed by atoms with Crippen LogP contribution in [0.1, 0.15) is 26.7 Å². The van der Waals surface area contributed by atoms with E-state index in [2.05, 4.69) is 13.2 Å². The molecular weight excluding hydrogens is 570 g/mol. The van der Waals surface area contributed by atoms with Gasteiger partial charge in [0, 0.05) is 34.7 Å². The molecule has 2 unspecified atom stereocenters. The highest BCUT2D eigenvalue weighted by atomic mass is 35.5. The number of anilines is 2. The van der Waals surface area contributed by atoms with Crippen LogP contribution in [-0.4, -0.2) is 69.5 Å². The third kappa shape index (κ3) is 4.97. The number of nitrogens with zero attached hydrogens (tertiary/aromatic N) is 3. The van der Waals surface area contributed by atoms with Gasteiger partial charge in [0.2, 0.25) is 11.8 Å². The summed E-state index contributed by atoms with van der Waals surface area (Å²) in [4.78, 5) is 48.7. The normalized spacial score (nSPS) is 26.7. The Morgan fingerprint density at radius 1 is 1.05 bits per heavy atom. The van der Waals surface area contributed by atoms with E-state index in [4.69, 9.17) is 11.6 Å². The lowest BCUT2D eigenvalue weighted by Crippen LogP contribution is -2.58. The fourth-order valence-electron chi connectivity index (χ4n) is 7.09. The first kappa shape index (κ1) is 30.4. The quantitative estimate of drug-likeness (QED) is 0.356. The number of rotatable bonds is 11. The molecule has 3 amide bonds. The van der Waals surface area contributed by atoms with Gasteiger partial charge in [-0.15, -0.1) is 24.9 Å². The van der Waals surface area contributed by atoms with Gasteiger partial charge in [0.25, 0.3) is 5.91 Å². The maximum atomic E-state index is 14.7. The number of aliphatic hydroxyl groups is 1. The van der Waals surface area contributed by atoms with Crippen molar-refractivity contribution < 1.29 is 19.5 Å². The minimum atomic E-state index is -0.845. The van der Waals surface area contributed by atoms with E-state index in [0.29, 0.717) is 23.7 Å². The minimum absolute atomic E-state index is 0.0880. The summed E-state index contributed by atoms with van der Waals surface area (Å²) in [5.41, 5.74) is 1.39. The van der Waals surface area contributed by atoms with Crippen molar-refractivity contribution in [2.24, 2.45) is 17.8 Å². The van der Waals surface area contributed by atoms with Crippen LogP contribution in [0.3, 0.4) is 0 Å². The number of carbonyl (C=O) groups is 3. The van der Waals surface area contributed by atoms with Crippen LogP contribution in [-0.2, 0) is 14.4 Å². The third-order valence-electron chi connectivity index (χ3n) is 8.93. The number of benzene rings is 2. The molecule has 3 aliphatic rings. The van der Waals surface area contributed by atoms with Crippen molar-refractivity contribution in [3.8, 4) is 0 Å². The summed E-state index contributed by atoms with van der Waals surface area (Å²) in [6.45, 7) is 11.9. The largest absolute Gasteiger partial charge is 0.394 e. The molecule has 6 atom stereocenters. The molecule has 1 N–H and O–H groups in total. The molecule has 3 aliphatic heterocycles. The molecule has 9 heteroatoms. The van der Waals surface area contributed by atoms with E-state index in [1.807, 2.05) is 44.2 Å². The van der Waals surface area contributed by atoms with E-state index < -0.39 is 28.7 Å². The van der Waals surface area contributed by atoms with Crippen molar-refractivity contribution in [2.45, 2.75) is 48.8 Å². The monoisotopic (exact) mass is 607 g/mol. The number of likely N-dealkylation sites (tertiary alicyclic amines) is 1. The summed E-state index contributed by atoms with van der Waals surface area (Å²) in [5.74, 6) is -1.97. The van der Waals surface area contributed by atoms with Gasteiger partial charge in [-0.2, -0.15) is 0 Å². The van der Waals surface area contributed by atoms with Gasteiger partial charge in [-0.3, -0.25) is 14.4 Å². The van der Waals surface area contributed by atoms with Crippen molar-refractivity contribution in [2.75, 3.05) is 29.5 Å². The van der Waals surface area contributed by atoms with Crippen LogP contribution in [0.25, 0.3) is 0 Å². The second kappa shape index (κ2) is 12.3. The van der Waals surface area contributed by atoms with Crippen molar-refractivity contribution >= 4 is 52.5 Å². The van der Waals surface area contributed by atoms with Crippen LogP contribution in [0.5, 0.6) is 0 Å². The fourth-order valence-corrected chi connectivity index (χ4v) is 9.41. The molecule has 0 radical (unpaired) electrons. The second-order valence-corrected chi connectivity index (χ2v) is 13.6. The van der Waals surface area contributed by atoms with Gasteiger partial charge >= 0.3 is 0 Å². The highest BCUT2D eigenvalue weighted by molar-refractivity contribution is 8.02. The first-order valence-electron chi connectivity index (χ1n) is 14.5. The van der Waals surface area contributed by atoms with Crippen LogP contribution in [0.4, 0.5) is 11.4 Å². The Morgan fingerprint density at radius 3 is 2.21 bits per heavy atom. The number of hydrogen-bond acceptors (Lipinski definition) is 5. The van der Waals surface area contributed by atoms with E-state index >= 15 is 0 Å². The number of fused-ring (bicyclic) bond motifs is 1. The van der Waals surface area contributed by atoms with E-state index in [0.717, 1.165) is 12.1 Å². The summed E-state index contributed by atoms with van der Waals surface area (Å²) >= 11 is 7.77. The van der Waals surface area contributed by atoms with Crippen LogP contribution in [0.15, 0.2) is 79.9 Å². The predicted octanol–water partition coefficient (Wildman–Crippen LogP) is 5.19. The van der Waals surface area contributed by atoms with Gasteiger partial charge in [0.15, 0.2) is 0 Å². The fraction of sp³-hybridized carbons (Fsp3) is 0.424. The van der Waals surface area contributed by atoms with Crippen molar-refractivity contribution in [1.82, 2.24) is 4.90 Å². The standard InChI is InChI=1S/C33H38ClN3O4S/c1-5-18-35(23-10-8-7-9-11-23)30(39)27-26-16-17-33(42-26)28(27)31(40)37(25(20-38)21(3)4)29(33)32(41)36(19-6-2)24-14-12-22(34)13-15-24/h5-15,21,25-29,38H,1-2,16-20H2,3-4H3/t25-,26-,27+,28-,29?,33?/m0/s1. The lowest BCUT2D eigenvalue weighted by Gasteiger charge is -2.40. The molecule has 0 saturated carbocycles. The zero-order valence-corrected chi connectivity index (χ0v) is 25.6. The summed E-state index contributed by atoms with van der Waals surface area (Å²) in [7, 11) is 0. The summed E-state index contributed by atoms with van der Waals surface area (Å²) in [6.07, 6.45) is 4.72. The summed E-state index contributed by atoms with van der Waals surface area (Å²) in [5, 5.41) is 11.0. The highest BCUT2D eigenvalue weighted by Crippen LogP contribution is 2.67. The first-order valence-corrected chi connectivity index (χ1v) is 15.7. The smallest absolute Gasteiger partial charge is 0.251 e. The van der Waals surface area contributed by atoms with Crippen LogP contribution < -0.4 is 9.80 Å². The number of aliphatic hydroxyl groups excluding tert-OH is 1. The number of thioether (sulfide) groups is 1. The zero-order valence-electron chi connectivity index (χ0n) is 24.1. The Bertz CT molecular complexity index is 1350. The lowest BCUT2D eigenvalue weighted by molar-refractivity contribution is -0.142. The Balaban J connectivity index is 1.60. The lowest BCUT2D eigenvalue weighted by atomic mass is 9.70. The molecule has 3 heterocycles. The van der Waals surface area contributed by atoms with Gasteiger partial charge in [-0.05, 0) is 55.2 Å². The number of amides is 3. The Labute approximate surface area is 257 Å². The second-order valence-electron chi connectivity index (χ2n) is 11.6. The van der Waals surface area contributed by atoms with Crippen molar-refractivity contribution in [1.29, 1.82) is 0 Å². The molecule has 2 bridgehead atoms. The van der Waals surface area contributed by atoms with E-state index in [9.17, 15) is 19.5 Å². The van der Waals surface area contributed by atoms with E-state index in [1.54, 1.807) is 62.9 Å². The molecule has 7 nitrogen and oxygen atoms in total. The van der Waals surface area contributed by atoms with Crippen LogP contribution >= 0.6 is 23.4 Å². The molecule has 3 fully saturated rings. The maximum Gasteiger partial charge on any atom is 0.251 e. The number of para-hydroxylation sites is 1. The van der Waals surface area contributed by atoms with Gasteiger partial charge in [0.1, 0.15) is 6.04 Å². The van der Waals surface area contributed by atoms with Gasteiger partial charge < -0.3 is 19.8 Å². The topological polar surface area (TPSA) is 81.2 Å². The molecule has 222 valence electrons. The molecule has 3 saturated heterocycles. The molecular formula is C33H38ClN3O4S. The number of hydrogen-bond donors (Lipinski definition) is 1. The van der Waals surface area contributed by atoms with Gasteiger partial charge in [-0.25, -0.2) is 0 Å². The van der Waals surface area contributed by atoms with Crippen LogP contribution in [0.2, 0.25) is 5.02 Å². The molecule has 42 heavy (non-hydrogen) atoms. The average molecular weight is 608 g/mol. The Morgan fingerprint density at radius 2 is 1.64 bits per heavy atom. The highest BCUT2D eigenvalue weighted by Gasteiger charge is 2.74. The van der Waals surface area contributed by atoms with E-state index in [-0.39, 0.29) is 42.0 Å². The Kier molecular flexibility index (Phi) is 8.88. The number of halogens is 1. The maximum absolute atomic E-state index is 14.7. The minimum Gasteiger partial charge on any atom is -0.394 e. The molecule has 0 aliphatic carbocycles. The summed E-state index contributed by atoms with van der Waals surface area (Å²) in [6, 6.07) is 15.0. The number of carbonyl (C=O) groups excluding carboxylic acids is 3. The van der Waals surface area contributed by atoms with Crippen molar-refractivity contribution in [3.63, 3.8) is 0 Å². The average Bonchev–Trinajstić information content (AvgIpc) is 3.63.